The van der Waals surface area contributed by atoms with Crippen LogP contribution in [-0.4, -0.2) is 51.2 Å². The van der Waals surface area contributed by atoms with E-state index >= 15 is 0 Å². The maximum Gasteiger partial charge on any atom is 2.00 e. The van der Waals surface area contributed by atoms with Gasteiger partial charge in [-0.25, -0.2) is 5.45 Å². The summed E-state index contributed by atoms with van der Waals surface area (Å²) in [6.07, 6.45) is 27.1. The van der Waals surface area contributed by atoms with Gasteiger partial charge in [0.1, 0.15) is 0 Å². The third-order valence-corrected chi connectivity index (χ3v) is 12.2. The number of nitrogens with zero attached hydrogens (tertiary/aromatic N) is 3. The molecule has 4 aliphatic rings. The number of hydrogen-bond donors (Lipinski definition) is 1. The van der Waals surface area contributed by atoms with Crippen molar-refractivity contribution in [1.29, 1.82) is 0 Å². The maximum atomic E-state index is 12.3. The van der Waals surface area contributed by atoms with Crippen molar-refractivity contribution in [1.82, 2.24) is 9.34 Å². The van der Waals surface area contributed by atoms with E-state index < -0.39 is 8.22 Å². The first kappa shape index (κ1) is 32.6. The van der Waals surface area contributed by atoms with Gasteiger partial charge in [0.25, 0.3) is 0 Å². The third kappa shape index (κ3) is 8.55. The Labute approximate surface area is 254 Å². The number of aliphatic hydroxyl groups excluding tert-OH is 1. The van der Waals surface area contributed by atoms with Gasteiger partial charge in [-0.3, -0.25) is 9.34 Å². The summed E-state index contributed by atoms with van der Waals surface area (Å²) >= 11 is 0. The monoisotopic (exact) mass is 615 g/mol. The topological polar surface area (TPSA) is 49.0 Å². The average Bonchev–Trinajstić information content (AvgIpc) is 3.00. The van der Waals surface area contributed by atoms with Crippen molar-refractivity contribution >= 4 is 13.7 Å². The van der Waals surface area contributed by atoms with Crippen molar-refractivity contribution < 1.29 is 31.3 Å². The molecule has 1 N–H and O–H groups in total. The first-order valence-electron chi connectivity index (χ1n) is 15.7. The van der Waals surface area contributed by atoms with Gasteiger partial charge in [0, 0.05) is 39.5 Å². The van der Waals surface area contributed by atoms with Crippen LogP contribution in [0, 0.1) is 6.07 Å². The molecule has 0 unspecified atom stereocenters. The van der Waals surface area contributed by atoms with Crippen LogP contribution in [0.1, 0.15) is 134 Å². The summed E-state index contributed by atoms with van der Waals surface area (Å²) in [7, 11) is 0.0912. The fourth-order valence-electron chi connectivity index (χ4n) is 7.58. The van der Waals surface area contributed by atoms with E-state index in [1.165, 1.54) is 128 Å². The summed E-state index contributed by atoms with van der Waals surface area (Å²) in [6.45, 7) is 0. The average molecular weight is 617 g/mol. The van der Waals surface area contributed by atoms with Crippen LogP contribution >= 0.6 is 8.22 Å². The molecule has 5 rings (SSSR count). The summed E-state index contributed by atoms with van der Waals surface area (Å²) < 4.78 is 5.96. The SMILES string of the molecule is CO.[N-]=C(c1[c-]cccc1)P(N(C1CCCCC1)C1CCCCC1)N(C1CCCCC1)C1CCCCC1.[Zr+2]. The summed E-state index contributed by atoms with van der Waals surface area (Å²) in [5.41, 5.74) is 1.61. The minimum Gasteiger partial charge on any atom is -0.853 e. The molecule has 0 amide bonds. The van der Waals surface area contributed by atoms with Crippen molar-refractivity contribution in [3.63, 3.8) is 0 Å². The number of rotatable bonds is 8. The minimum atomic E-state index is -0.909. The first-order valence-corrected chi connectivity index (χ1v) is 16.9. The van der Waals surface area contributed by atoms with Gasteiger partial charge in [0.05, 0.1) is 0 Å². The van der Waals surface area contributed by atoms with Gasteiger partial charge in [0.2, 0.25) is 0 Å². The first-order chi connectivity index (χ1) is 18.3. The molecule has 0 radical (unpaired) electrons. The van der Waals surface area contributed by atoms with Gasteiger partial charge in [0.15, 0.2) is 0 Å². The van der Waals surface area contributed by atoms with Crippen LogP contribution in [0.15, 0.2) is 24.3 Å². The van der Waals surface area contributed by atoms with Gasteiger partial charge in [-0.1, -0.05) is 77.0 Å². The van der Waals surface area contributed by atoms with E-state index in [0.29, 0.717) is 29.6 Å². The van der Waals surface area contributed by atoms with E-state index in [4.69, 9.17) is 5.11 Å². The van der Waals surface area contributed by atoms with Gasteiger partial charge in [-0.2, -0.15) is 5.56 Å². The van der Waals surface area contributed by atoms with Crippen molar-refractivity contribution in [2.75, 3.05) is 7.11 Å². The second kappa shape index (κ2) is 17.8. The van der Waals surface area contributed by atoms with Gasteiger partial charge < -0.3 is 10.5 Å². The molecule has 4 nitrogen and oxygen atoms in total. The molecule has 1 aromatic rings. The van der Waals surface area contributed by atoms with Crippen molar-refractivity contribution in [3.05, 3.63) is 41.3 Å². The molecule has 0 bridgehead atoms. The molecule has 1 aromatic carbocycles. The molecule has 0 aromatic heterocycles. The van der Waals surface area contributed by atoms with E-state index in [-0.39, 0.29) is 26.2 Å². The summed E-state index contributed by atoms with van der Waals surface area (Å²) in [4.78, 5) is 0. The van der Waals surface area contributed by atoms with Gasteiger partial charge in [-0.15, -0.1) is 30.3 Å². The smallest absolute Gasteiger partial charge is 0.853 e. The minimum absolute atomic E-state index is 0. The van der Waals surface area contributed by atoms with Crippen LogP contribution in [0.4, 0.5) is 0 Å². The molecule has 4 fully saturated rings. The Morgan fingerprint density at radius 3 is 1.29 bits per heavy atom. The largest absolute Gasteiger partial charge is 2.00 e. The zero-order valence-corrected chi connectivity index (χ0v) is 27.3. The molecule has 0 saturated heterocycles. The zero-order chi connectivity index (χ0) is 25.9. The van der Waals surface area contributed by atoms with Crippen LogP contribution in [0.2, 0.25) is 0 Å². The summed E-state index contributed by atoms with van der Waals surface area (Å²) in [6, 6.07) is 14.2. The van der Waals surface area contributed by atoms with Crippen LogP contribution in [-0.2, 0) is 26.2 Å². The van der Waals surface area contributed by atoms with Crippen LogP contribution in [0.25, 0.3) is 5.41 Å². The van der Waals surface area contributed by atoms with Crippen molar-refractivity contribution in [2.45, 2.75) is 153 Å². The molecule has 0 heterocycles. The Morgan fingerprint density at radius 2 is 1.00 bits per heavy atom. The van der Waals surface area contributed by atoms with E-state index in [1.54, 1.807) is 0 Å². The number of hydrogen-bond acceptors (Lipinski definition) is 3. The molecule has 0 atom stereocenters. The Morgan fingerprint density at radius 1 is 0.658 bits per heavy atom. The van der Waals surface area contributed by atoms with Crippen molar-refractivity contribution in [2.24, 2.45) is 0 Å². The van der Waals surface area contributed by atoms with Crippen LogP contribution in [0.5, 0.6) is 0 Å². The molecule has 6 heteroatoms. The molecule has 0 aliphatic heterocycles. The molecular formula is C32H52N3OPZr. The number of benzene rings is 1. The maximum absolute atomic E-state index is 12.3. The Kier molecular flexibility index (Phi) is 15.3. The predicted octanol–water partition coefficient (Wildman–Crippen LogP) is 8.66. The Hall–Kier alpha value is 0.0831. The third-order valence-electron chi connectivity index (χ3n) is 9.37. The van der Waals surface area contributed by atoms with Crippen LogP contribution in [0.3, 0.4) is 0 Å². The molecule has 210 valence electrons. The number of aliphatic hydroxyl groups is 1. The molecule has 0 spiro atoms. The normalized spacial score (nSPS) is 22.7. The van der Waals surface area contributed by atoms with E-state index in [1.807, 2.05) is 12.1 Å². The van der Waals surface area contributed by atoms with E-state index in [2.05, 4.69) is 27.5 Å². The molecule has 38 heavy (non-hydrogen) atoms. The van der Waals surface area contributed by atoms with Crippen molar-refractivity contribution in [3.8, 4) is 0 Å². The van der Waals surface area contributed by atoms with Gasteiger partial charge in [-0.05, 0) is 51.4 Å². The second-order valence-electron chi connectivity index (χ2n) is 11.8. The van der Waals surface area contributed by atoms with Crippen LogP contribution < -0.4 is 0 Å². The van der Waals surface area contributed by atoms with E-state index in [0.717, 1.165) is 12.7 Å². The molecular weight excluding hydrogens is 565 g/mol. The Bertz CT molecular complexity index is 696. The zero-order valence-electron chi connectivity index (χ0n) is 24.0. The fraction of sp³-hybridized carbons (Fsp3) is 0.781. The van der Waals surface area contributed by atoms with E-state index in [9.17, 15) is 5.41 Å². The Balaban J connectivity index is 0.00000130. The molecule has 4 saturated carbocycles. The predicted molar refractivity (Wildman–Crippen MR) is 159 cm³/mol. The fourth-order valence-corrected chi connectivity index (χ4v) is 10.8. The molecule has 4 aliphatic carbocycles. The standard InChI is InChI=1S/C31H48N3P.CH4O.Zr/c32-31(26-16-6-1-7-17-26)35(33(27-18-8-2-9-19-27)28-20-10-3-11-21-28)34(29-22-12-4-13-23-29)30-24-14-5-15-25-30;1-2;/h1,6-7,16,27-30H,2-5,8-15,18-25H2;2H,1H3;/q-2;;+2. The quantitative estimate of drug-likeness (QED) is 0.181. The second-order valence-corrected chi connectivity index (χ2v) is 13.7. The summed E-state index contributed by atoms with van der Waals surface area (Å²) in [5.74, 6) is 0. The van der Waals surface area contributed by atoms with Gasteiger partial charge >= 0.3 is 26.2 Å². The summed E-state index contributed by atoms with van der Waals surface area (Å²) in [5, 5.41) is 19.3.